The summed E-state index contributed by atoms with van der Waals surface area (Å²) < 4.78 is 11.1. The third kappa shape index (κ3) is 6.93. The lowest BCUT2D eigenvalue weighted by Gasteiger charge is -2.36. The van der Waals surface area contributed by atoms with Gasteiger partial charge in [-0.1, -0.05) is 19.3 Å². The predicted molar refractivity (Wildman–Crippen MR) is 82.7 cm³/mol. The highest BCUT2D eigenvalue weighted by Crippen LogP contribution is 2.38. The van der Waals surface area contributed by atoms with Gasteiger partial charge in [0, 0.05) is 35.4 Å². The minimum Gasteiger partial charge on any atom is -0.481 e. The van der Waals surface area contributed by atoms with Gasteiger partial charge in [-0.25, -0.2) is 4.79 Å². The molecule has 0 aromatic rings. The SMILES string of the molecule is CC(CS(C)=O)NC(=O)NCC1(CC(=O)O)CCCCC1. The van der Waals surface area contributed by atoms with E-state index < -0.39 is 16.8 Å². The summed E-state index contributed by atoms with van der Waals surface area (Å²) in [5.74, 6) is -0.401. The lowest BCUT2D eigenvalue weighted by Crippen LogP contribution is -2.47. The molecular weight excluding hydrogens is 292 g/mol. The van der Waals surface area contributed by atoms with E-state index in [1.807, 2.05) is 0 Å². The van der Waals surface area contributed by atoms with Crippen molar-refractivity contribution >= 4 is 22.8 Å². The summed E-state index contributed by atoms with van der Waals surface area (Å²) in [7, 11) is -0.957. The first-order valence-electron chi connectivity index (χ1n) is 7.39. The van der Waals surface area contributed by atoms with Crippen molar-refractivity contribution in [2.75, 3.05) is 18.6 Å². The Labute approximate surface area is 128 Å². The smallest absolute Gasteiger partial charge is 0.315 e. The molecule has 1 rings (SSSR count). The van der Waals surface area contributed by atoms with E-state index in [9.17, 15) is 13.8 Å². The van der Waals surface area contributed by atoms with Crippen molar-refractivity contribution in [3.05, 3.63) is 0 Å². The second kappa shape index (κ2) is 8.36. The summed E-state index contributed by atoms with van der Waals surface area (Å²) >= 11 is 0. The highest BCUT2D eigenvalue weighted by molar-refractivity contribution is 7.84. The fourth-order valence-corrected chi connectivity index (χ4v) is 3.76. The first-order chi connectivity index (χ1) is 9.83. The average Bonchev–Trinajstić information content (AvgIpc) is 2.35. The lowest BCUT2D eigenvalue weighted by molar-refractivity contribution is -0.140. The van der Waals surface area contributed by atoms with E-state index in [1.54, 1.807) is 13.2 Å². The number of rotatable bonds is 7. The van der Waals surface area contributed by atoms with Crippen LogP contribution in [-0.4, -0.2) is 45.9 Å². The largest absolute Gasteiger partial charge is 0.481 e. The van der Waals surface area contributed by atoms with Gasteiger partial charge >= 0.3 is 12.0 Å². The Kier molecular flexibility index (Phi) is 7.14. The molecule has 2 amide bonds. The van der Waals surface area contributed by atoms with Crippen LogP contribution >= 0.6 is 0 Å². The van der Waals surface area contributed by atoms with E-state index in [4.69, 9.17) is 5.11 Å². The Morgan fingerprint density at radius 3 is 2.43 bits per heavy atom. The minimum absolute atomic E-state index is 0.0990. The quantitative estimate of drug-likeness (QED) is 0.662. The second-order valence-electron chi connectivity index (χ2n) is 6.10. The molecule has 0 heterocycles. The molecule has 1 aliphatic rings. The molecular formula is C14H26N2O4S. The molecule has 0 aromatic carbocycles. The van der Waals surface area contributed by atoms with Gasteiger partial charge in [0.1, 0.15) is 0 Å². The number of aliphatic carboxylic acids is 1. The maximum atomic E-state index is 11.8. The molecule has 3 N–H and O–H groups in total. The summed E-state index contributed by atoms with van der Waals surface area (Å²) in [5, 5.41) is 14.6. The van der Waals surface area contributed by atoms with Crippen LogP contribution in [0, 0.1) is 5.41 Å². The number of urea groups is 1. The Morgan fingerprint density at radius 2 is 1.90 bits per heavy atom. The maximum Gasteiger partial charge on any atom is 0.315 e. The van der Waals surface area contributed by atoms with Crippen LogP contribution in [-0.2, 0) is 15.6 Å². The zero-order valence-corrected chi connectivity index (χ0v) is 13.6. The van der Waals surface area contributed by atoms with Gasteiger partial charge in [0.2, 0.25) is 0 Å². The van der Waals surface area contributed by atoms with Crippen LogP contribution in [0.25, 0.3) is 0 Å². The number of amides is 2. The van der Waals surface area contributed by atoms with Crippen molar-refractivity contribution < 1.29 is 18.9 Å². The summed E-state index contributed by atoms with van der Waals surface area (Å²) in [4.78, 5) is 22.9. The van der Waals surface area contributed by atoms with Gasteiger partial charge in [-0.2, -0.15) is 0 Å². The molecule has 1 aliphatic carbocycles. The number of nitrogens with one attached hydrogen (secondary N) is 2. The molecule has 1 saturated carbocycles. The Bertz CT molecular complexity index is 394. The monoisotopic (exact) mass is 318 g/mol. The molecule has 7 heteroatoms. The van der Waals surface area contributed by atoms with Gasteiger partial charge in [0.05, 0.1) is 6.42 Å². The van der Waals surface area contributed by atoms with Crippen molar-refractivity contribution in [2.24, 2.45) is 5.41 Å². The van der Waals surface area contributed by atoms with E-state index in [0.29, 0.717) is 12.3 Å². The van der Waals surface area contributed by atoms with Gasteiger partial charge < -0.3 is 15.7 Å². The number of carboxylic acids is 1. The lowest BCUT2D eigenvalue weighted by atomic mass is 9.72. The van der Waals surface area contributed by atoms with Crippen molar-refractivity contribution in [3.8, 4) is 0 Å². The number of carbonyl (C=O) groups is 2. The molecule has 0 aromatic heterocycles. The van der Waals surface area contributed by atoms with Gasteiger partial charge in [-0.15, -0.1) is 0 Å². The molecule has 0 aliphatic heterocycles. The van der Waals surface area contributed by atoms with Gasteiger partial charge in [0.15, 0.2) is 0 Å². The minimum atomic E-state index is -0.957. The van der Waals surface area contributed by atoms with Crippen molar-refractivity contribution in [2.45, 2.75) is 51.5 Å². The topological polar surface area (TPSA) is 95.5 Å². The molecule has 0 radical (unpaired) electrons. The molecule has 2 unspecified atom stereocenters. The molecule has 21 heavy (non-hydrogen) atoms. The van der Waals surface area contributed by atoms with E-state index >= 15 is 0 Å². The van der Waals surface area contributed by atoms with E-state index in [0.717, 1.165) is 32.1 Å². The molecule has 6 nitrogen and oxygen atoms in total. The predicted octanol–water partition coefficient (Wildman–Crippen LogP) is 1.48. The third-order valence-corrected chi connectivity index (χ3v) is 4.90. The zero-order chi connectivity index (χ0) is 15.9. The van der Waals surface area contributed by atoms with Crippen LogP contribution in [0.5, 0.6) is 0 Å². The third-order valence-electron chi connectivity index (χ3n) is 3.93. The van der Waals surface area contributed by atoms with Crippen molar-refractivity contribution in [1.82, 2.24) is 10.6 Å². The molecule has 1 fully saturated rings. The van der Waals surface area contributed by atoms with Gasteiger partial charge in [-0.3, -0.25) is 9.00 Å². The Balaban J connectivity index is 2.47. The van der Waals surface area contributed by atoms with E-state index in [2.05, 4.69) is 10.6 Å². The number of hydrogen-bond acceptors (Lipinski definition) is 3. The maximum absolute atomic E-state index is 11.8. The normalized spacial score (nSPS) is 20.3. The van der Waals surface area contributed by atoms with Crippen LogP contribution in [0.4, 0.5) is 4.79 Å². The van der Waals surface area contributed by atoms with Crippen LogP contribution in [0.1, 0.15) is 45.4 Å². The van der Waals surface area contributed by atoms with Crippen molar-refractivity contribution in [3.63, 3.8) is 0 Å². The summed E-state index contributed by atoms with van der Waals surface area (Å²) in [6.07, 6.45) is 6.54. The summed E-state index contributed by atoms with van der Waals surface area (Å²) in [6, 6.07) is -0.485. The number of carbonyl (C=O) groups excluding carboxylic acids is 1. The van der Waals surface area contributed by atoms with Gasteiger partial charge in [0.25, 0.3) is 0 Å². The molecule has 0 spiro atoms. The number of carboxylic acid groups (broad SMARTS) is 1. The first-order valence-corrected chi connectivity index (χ1v) is 9.12. The summed E-state index contributed by atoms with van der Waals surface area (Å²) in [6.45, 7) is 2.18. The van der Waals surface area contributed by atoms with Crippen LogP contribution < -0.4 is 10.6 Å². The average molecular weight is 318 g/mol. The van der Waals surface area contributed by atoms with Gasteiger partial charge in [-0.05, 0) is 25.2 Å². The van der Waals surface area contributed by atoms with Crippen LogP contribution in [0.2, 0.25) is 0 Å². The van der Waals surface area contributed by atoms with Crippen LogP contribution in [0.15, 0.2) is 0 Å². The molecule has 0 saturated heterocycles. The molecule has 2 atom stereocenters. The highest BCUT2D eigenvalue weighted by atomic mass is 32.2. The van der Waals surface area contributed by atoms with Crippen LogP contribution in [0.3, 0.4) is 0 Å². The molecule has 122 valence electrons. The number of hydrogen-bond donors (Lipinski definition) is 3. The second-order valence-corrected chi connectivity index (χ2v) is 7.58. The van der Waals surface area contributed by atoms with E-state index in [-0.39, 0.29) is 23.9 Å². The Hall–Kier alpha value is -1.11. The highest BCUT2D eigenvalue weighted by Gasteiger charge is 2.34. The first kappa shape index (κ1) is 17.9. The van der Waals surface area contributed by atoms with Crippen molar-refractivity contribution in [1.29, 1.82) is 0 Å². The standard InChI is InChI=1S/C14H26N2O4S/c1-11(9-21(2)20)16-13(19)15-10-14(8-12(17)18)6-4-3-5-7-14/h11H,3-10H2,1-2H3,(H,17,18)(H2,15,16,19). The summed E-state index contributed by atoms with van der Waals surface area (Å²) in [5.41, 5.74) is -0.321. The fraction of sp³-hybridized carbons (Fsp3) is 0.857. The zero-order valence-electron chi connectivity index (χ0n) is 12.8. The fourth-order valence-electron chi connectivity index (χ4n) is 2.97. The molecule has 0 bridgehead atoms. The Morgan fingerprint density at radius 1 is 1.29 bits per heavy atom. The van der Waals surface area contributed by atoms with E-state index in [1.165, 1.54) is 0 Å².